The zero-order valence-electron chi connectivity index (χ0n) is 23.7. The number of nitrogens with zero attached hydrogens (tertiary/aromatic N) is 6. The van der Waals surface area contributed by atoms with Gasteiger partial charge in [0.25, 0.3) is 5.69 Å². The molecule has 0 saturated carbocycles. The number of nitro benzene ring substituents is 1. The number of halogens is 1. The zero-order chi connectivity index (χ0) is 30.3. The molecular formula is C29H32ClN7O5. The third-order valence-corrected chi connectivity index (χ3v) is 8.02. The summed E-state index contributed by atoms with van der Waals surface area (Å²) < 4.78 is 7.86. The molecule has 0 bridgehead atoms. The van der Waals surface area contributed by atoms with Crippen molar-refractivity contribution in [1.29, 1.82) is 0 Å². The minimum Gasteiger partial charge on any atom is -0.465 e. The normalized spacial score (nSPS) is 17.4. The summed E-state index contributed by atoms with van der Waals surface area (Å²) in [6, 6.07) is 5.85. The van der Waals surface area contributed by atoms with Crippen molar-refractivity contribution in [3.63, 3.8) is 0 Å². The Morgan fingerprint density at radius 2 is 2.05 bits per heavy atom. The van der Waals surface area contributed by atoms with E-state index in [1.165, 1.54) is 18.2 Å². The second-order valence-corrected chi connectivity index (χ2v) is 12.1. The number of fused-ring (bicyclic) bond motifs is 1. The molecule has 2 aromatic carbocycles. The molecule has 5 rings (SSSR count). The topological polar surface area (TPSA) is 163 Å². The predicted molar refractivity (Wildman–Crippen MR) is 159 cm³/mol. The number of benzene rings is 2. The molecule has 0 aliphatic carbocycles. The highest BCUT2D eigenvalue weighted by molar-refractivity contribution is 6.36. The van der Waals surface area contributed by atoms with Gasteiger partial charge in [-0.1, -0.05) is 32.4 Å². The van der Waals surface area contributed by atoms with Crippen LogP contribution in [0.1, 0.15) is 39.2 Å². The Kier molecular flexibility index (Phi) is 7.67. The average Bonchev–Trinajstić information content (AvgIpc) is 3.38. The Bertz CT molecular complexity index is 1680. The number of amides is 1. The molecule has 220 valence electrons. The molecule has 3 heterocycles. The van der Waals surface area contributed by atoms with Gasteiger partial charge in [0.2, 0.25) is 0 Å². The second kappa shape index (κ2) is 11.1. The van der Waals surface area contributed by atoms with E-state index in [4.69, 9.17) is 27.1 Å². The zero-order valence-corrected chi connectivity index (χ0v) is 24.5. The van der Waals surface area contributed by atoms with Gasteiger partial charge in [0.1, 0.15) is 22.0 Å². The summed E-state index contributed by atoms with van der Waals surface area (Å²) in [6.07, 6.45) is 5.95. The number of hydrogen-bond donors (Lipinski definition) is 2. The summed E-state index contributed by atoms with van der Waals surface area (Å²) in [6.45, 7) is 9.21. The summed E-state index contributed by atoms with van der Waals surface area (Å²) in [5.41, 5.74) is 8.50. The van der Waals surface area contributed by atoms with E-state index in [0.717, 1.165) is 18.4 Å². The van der Waals surface area contributed by atoms with Gasteiger partial charge >= 0.3 is 6.09 Å². The lowest BCUT2D eigenvalue weighted by molar-refractivity contribution is -0.383. The number of rotatable bonds is 6. The summed E-state index contributed by atoms with van der Waals surface area (Å²) in [5, 5.41) is 25.6. The Morgan fingerprint density at radius 1 is 1.29 bits per heavy atom. The molecule has 42 heavy (non-hydrogen) atoms. The first-order valence-electron chi connectivity index (χ1n) is 13.5. The van der Waals surface area contributed by atoms with E-state index < -0.39 is 11.0 Å². The van der Waals surface area contributed by atoms with Gasteiger partial charge in [-0.15, -0.1) is 0 Å². The Morgan fingerprint density at radius 3 is 2.71 bits per heavy atom. The number of anilines is 1. The largest absolute Gasteiger partial charge is 0.465 e. The number of nitrogens with two attached hydrogens (primary N) is 1. The highest BCUT2D eigenvalue weighted by atomic mass is 35.5. The van der Waals surface area contributed by atoms with Crippen LogP contribution in [0, 0.1) is 28.4 Å². The van der Waals surface area contributed by atoms with Crippen molar-refractivity contribution in [2.45, 2.75) is 53.1 Å². The monoisotopic (exact) mass is 593 g/mol. The van der Waals surface area contributed by atoms with Gasteiger partial charge < -0.3 is 20.5 Å². The molecule has 1 aliphatic heterocycles. The first-order chi connectivity index (χ1) is 19.8. The molecule has 1 saturated heterocycles. The van der Waals surface area contributed by atoms with Crippen molar-refractivity contribution in [3.8, 4) is 22.8 Å². The van der Waals surface area contributed by atoms with Crippen molar-refractivity contribution in [2.24, 2.45) is 11.3 Å². The van der Waals surface area contributed by atoms with E-state index in [-0.39, 0.29) is 33.8 Å². The number of likely N-dealkylation sites (tertiary alicyclic amines) is 1. The van der Waals surface area contributed by atoms with E-state index in [1.807, 2.05) is 17.8 Å². The van der Waals surface area contributed by atoms with Gasteiger partial charge in [-0.3, -0.25) is 19.8 Å². The Balaban J connectivity index is 1.38. The van der Waals surface area contributed by atoms with Crippen molar-refractivity contribution in [1.82, 2.24) is 24.6 Å². The van der Waals surface area contributed by atoms with Crippen LogP contribution in [-0.4, -0.2) is 53.4 Å². The fourth-order valence-electron chi connectivity index (χ4n) is 5.48. The maximum Gasteiger partial charge on any atom is 0.407 e. The highest BCUT2D eigenvalue weighted by Gasteiger charge is 2.38. The SMILES string of the molecule is Cc1cc2ncc(-c3cnn(CC4CCN(C(=O)O)C(C(C)(C)C)C4)c3)nc2c(Cl)c1Oc1ccc([N+](=O)[O-])c(N)c1. The average molecular weight is 594 g/mol. The van der Waals surface area contributed by atoms with E-state index in [2.05, 4.69) is 30.9 Å². The Hall–Kier alpha value is -4.45. The Labute approximate surface area is 247 Å². The summed E-state index contributed by atoms with van der Waals surface area (Å²) in [5.74, 6) is 0.933. The fraction of sp³-hybridized carbons (Fsp3) is 0.379. The van der Waals surface area contributed by atoms with Crippen LogP contribution in [0.5, 0.6) is 11.5 Å². The number of ether oxygens (including phenoxy) is 1. The van der Waals surface area contributed by atoms with Gasteiger partial charge in [0.15, 0.2) is 5.75 Å². The van der Waals surface area contributed by atoms with Crippen molar-refractivity contribution in [3.05, 3.63) is 63.6 Å². The molecule has 4 aromatic rings. The molecule has 1 fully saturated rings. The minimum absolute atomic E-state index is 0.0208. The molecule has 12 nitrogen and oxygen atoms in total. The van der Waals surface area contributed by atoms with Crippen molar-refractivity contribution in [2.75, 3.05) is 12.3 Å². The van der Waals surface area contributed by atoms with Crippen LogP contribution >= 0.6 is 11.6 Å². The molecule has 0 radical (unpaired) electrons. The van der Waals surface area contributed by atoms with Crippen molar-refractivity contribution < 1.29 is 19.6 Å². The van der Waals surface area contributed by atoms with Crippen LogP contribution in [0.2, 0.25) is 5.02 Å². The maximum absolute atomic E-state index is 11.8. The third-order valence-electron chi connectivity index (χ3n) is 7.67. The quantitative estimate of drug-likeness (QED) is 0.143. The van der Waals surface area contributed by atoms with E-state index in [0.29, 0.717) is 46.9 Å². The molecule has 1 aliphatic rings. The van der Waals surface area contributed by atoms with Crippen LogP contribution in [0.3, 0.4) is 0 Å². The van der Waals surface area contributed by atoms with E-state index in [9.17, 15) is 20.0 Å². The van der Waals surface area contributed by atoms with Gasteiger partial charge in [-0.2, -0.15) is 5.10 Å². The lowest BCUT2D eigenvalue weighted by Gasteiger charge is -2.44. The molecule has 2 atom stereocenters. The van der Waals surface area contributed by atoms with Crippen LogP contribution in [0.4, 0.5) is 16.2 Å². The number of piperidine rings is 1. The molecule has 1 amide bonds. The van der Waals surface area contributed by atoms with Crippen LogP contribution in [0.15, 0.2) is 42.9 Å². The number of nitrogen functional groups attached to an aromatic ring is 1. The smallest absolute Gasteiger partial charge is 0.407 e. The van der Waals surface area contributed by atoms with Gasteiger partial charge in [-0.05, 0) is 48.8 Å². The predicted octanol–water partition coefficient (Wildman–Crippen LogP) is 6.54. The first-order valence-corrected chi connectivity index (χ1v) is 13.9. The summed E-state index contributed by atoms with van der Waals surface area (Å²) >= 11 is 6.76. The highest BCUT2D eigenvalue weighted by Crippen LogP contribution is 2.39. The fourth-order valence-corrected chi connectivity index (χ4v) is 5.80. The van der Waals surface area contributed by atoms with Gasteiger partial charge in [0, 0.05) is 43.0 Å². The lowest BCUT2D eigenvalue weighted by Crippen LogP contribution is -2.52. The van der Waals surface area contributed by atoms with E-state index in [1.54, 1.807) is 23.4 Å². The number of hydrogen-bond acceptors (Lipinski definition) is 8. The number of carboxylic acid groups (broad SMARTS) is 1. The summed E-state index contributed by atoms with van der Waals surface area (Å²) in [4.78, 5) is 33.2. The lowest BCUT2D eigenvalue weighted by atomic mass is 9.77. The number of carbonyl (C=O) groups is 1. The molecule has 3 N–H and O–H groups in total. The van der Waals surface area contributed by atoms with Crippen molar-refractivity contribution >= 4 is 40.1 Å². The minimum atomic E-state index is -0.871. The molecule has 0 spiro atoms. The number of aromatic nitrogens is 4. The third kappa shape index (κ3) is 5.80. The van der Waals surface area contributed by atoms with Gasteiger partial charge in [0.05, 0.1) is 28.5 Å². The molecule has 2 aromatic heterocycles. The van der Waals surface area contributed by atoms with Crippen LogP contribution in [0.25, 0.3) is 22.3 Å². The number of aryl methyl sites for hydroxylation is 1. The van der Waals surface area contributed by atoms with Crippen LogP contribution < -0.4 is 10.5 Å². The number of nitro groups is 1. The standard InChI is InChI=1S/C29H32ClN7O5/c1-16-9-21-26(25(30)27(16)42-19-5-6-23(37(40)41)20(31)11-19)34-22(13-32-21)18-12-33-35(15-18)14-17-7-8-36(28(38)39)24(10-17)29(2,3)4/h5-6,9,11-13,15,17,24H,7-8,10,14,31H2,1-4H3,(H,38,39). The van der Waals surface area contributed by atoms with E-state index >= 15 is 0 Å². The first kappa shape index (κ1) is 29.1. The molecule has 13 heteroatoms. The van der Waals surface area contributed by atoms with Gasteiger partial charge in [-0.25, -0.2) is 9.78 Å². The van der Waals surface area contributed by atoms with Crippen LogP contribution in [-0.2, 0) is 6.54 Å². The maximum atomic E-state index is 11.8. The molecule has 2 unspecified atom stereocenters. The molecular weight excluding hydrogens is 562 g/mol. The summed E-state index contributed by atoms with van der Waals surface area (Å²) in [7, 11) is 0. The second-order valence-electron chi connectivity index (χ2n) is 11.7.